The van der Waals surface area contributed by atoms with Crippen molar-refractivity contribution < 1.29 is 56.8 Å². The molecule has 0 bridgehead atoms. The number of aliphatic hydroxyl groups is 2. The minimum absolute atomic E-state index is 0.0391. The number of nitrogen functional groups attached to an aromatic ring is 2. The molecule has 46 heavy (non-hydrogen) atoms. The Bertz CT molecular complexity index is 1880. The van der Waals surface area contributed by atoms with Crippen molar-refractivity contribution in [3.8, 4) is 0 Å². The molecule has 4 aromatic rings. The number of nitrogens with two attached hydrogens (primary N) is 2. The van der Waals surface area contributed by atoms with Gasteiger partial charge in [-0.1, -0.05) is 0 Å². The molecule has 2 saturated heterocycles. The van der Waals surface area contributed by atoms with Gasteiger partial charge in [-0.15, -0.1) is 0 Å². The summed E-state index contributed by atoms with van der Waals surface area (Å²) in [5.41, 5.74) is 10.7. The second kappa shape index (κ2) is 12.5. The highest BCUT2D eigenvalue weighted by Gasteiger charge is 2.52. The lowest BCUT2D eigenvalue weighted by molar-refractivity contribution is -0.0648. The molecule has 248 valence electrons. The van der Waals surface area contributed by atoms with Crippen molar-refractivity contribution in [3.05, 3.63) is 29.3 Å². The molecule has 6 heterocycles. The summed E-state index contributed by atoms with van der Waals surface area (Å²) in [6, 6.07) is 0. The van der Waals surface area contributed by atoms with Crippen LogP contribution >= 0.6 is 15.9 Å². The molecule has 2 aliphatic heterocycles. The van der Waals surface area contributed by atoms with Crippen LogP contribution in [-0.4, -0.2) is 115 Å². The van der Waals surface area contributed by atoms with E-state index in [2.05, 4.69) is 29.9 Å². The van der Waals surface area contributed by atoms with Gasteiger partial charge >= 0.3 is 15.9 Å². The van der Waals surface area contributed by atoms with Gasteiger partial charge in [0.15, 0.2) is 41.3 Å². The monoisotopic (exact) mass is 691 g/mol. The van der Waals surface area contributed by atoms with Crippen molar-refractivity contribution >= 4 is 49.9 Å². The third-order valence-electron chi connectivity index (χ3n) is 7.18. The summed E-state index contributed by atoms with van der Waals surface area (Å²) in [6.45, 7) is -1.67. The number of phosphoric ester groups is 1. The molecule has 22 nitrogen and oxygen atoms in total. The Morgan fingerprint density at radius 1 is 1.07 bits per heavy atom. The minimum Gasteiger partial charge on any atom is -0.394 e. The summed E-state index contributed by atoms with van der Waals surface area (Å²) >= 11 is 0. The normalized spacial score (nSPS) is 29.9. The van der Waals surface area contributed by atoms with E-state index in [1.807, 2.05) is 0 Å². The first kappa shape index (κ1) is 32.3. The Balaban J connectivity index is 1.17. The molecule has 6 rings (SSSR count). The summed E-state index contributed by atoms with van der Waals surface area (Å²) in [5, 5.41) is 20.8. The van der Waals surface area contributed by atoms with Crippen LogP contribution in [0.2, 0.25) is 0 Å². The smallest absolute Gasteiger partial charge is 0.394 e. The Labute approximate surface area is 255 Å². The molecule has 0 amide bonds. The Hall–Kier alpha value is -3.60. The summed E-state index contributed by atoms with van der Waals surface area (Å²) in [5.74, 6) is -0.250. The lowest BCUT2D eigenvalue weighted by atomic mass is 10.1. The molecule has 4 aromatic heterocycles. The molecule has 0 radical (unpaired) electrons. The highest BCUT2D eigenvalue weighted by molar-refractivity contribution is 7.47. The third-order valence-corrected chi connectivity index (χ3v) is 8.54. The molecule has 9 N–H and O–H groups in total. The van der Waals surface area contributed by atoms with Gasteiger partial charge in [-0.2, -0.15) is 9.88 Å². The number of nitrogens with zero attached hydrogens (tertiary/aromatic N) is 7. The van der Waals surface area contributed by atoms with Gasteiger partial charge in [-0.3, -0.25) is 28.0 Å². The number of anilines is 2. The number of hydrogen-bond acceptors (Lipinski definition) is 17. The highest BCUT2D eigenvalue weighted by atomic mass is 31.2. The van der Waals surface area contributed by atoms with E-state index in [-0.39, 0.29) is 34.1 Å². The molecule has 2 aliphatic rings. The number of nitrogens with one attached hydrogen (secondary N) is 1. The number of phosphoric acid groups is 1. The fourth-order valence-corrected chi connectivity index (χ4v) is 6.39. The summed E-state index contributed by atoms with van der Waals surface area (Å²) < 4.78 is 69.2. The molecule has 0 aromatic carbocycles. The Kier molecular flexibility index (Phi) is 8.82. The van der Waals surface area contributed by atoms with E-state index in [1.54, 1.807) is 0 Å². The zero-order valence-corrected chi connectivity index (χ0v) is 24.9. The number of rotatable bonds is 11. The maximum Gasteiger partial charge on any atom is 0.534 e. The average Bonchev–Trinajstić information content (AvgIpc) is 3.76. The van der Waals surface area contributed by atoms with Gasteiger partial charge in [0.2, 0.25) is 5.95 Å². The first-order valence-corrected chi connectivity index (χ1v) is 16.1. The molecular formula is C21H26FN10O12P2+. The van der Waals surface area contributed by atoms with Crippen LogP contribution < -0.4 is 17.0 Å². The van der Waals surface area contributed by atoms with E-state index < -0.39 is 90.1 Å². The van der Waals surface area contributed by atoms with Crippen molar-refractivity contribution in [3.63, 3.8) is 0 Å². The highest BCUT2D eigenvalue weighted by Crippen LogP contribution is 2.50. The Morgan fingerprint density at radius 3 is 2.48 bits per heavy atom. The number of ether oxygens (including phenoxy) is 3. The van der Waals surface area contributed by atoms with Crippen LogP contribution in [0.4, 0.5) is 16.2 Å². The van der Waals surface area contributed by atoms with Crippen molar-refractivity contribution in [1.29, 1.82) is 0 Å². The number of aromatic amines is 1. The van der Waals surface area contributed by atoms with E-state index in [9.17, 15) is 33.9 Å². The predicted octanol–water partition coefficient (Wildman–Crippen LogP) is -1.81. The molecule has 0 saturated carbocycles. The molecular weight excluding hydrogens is 665 g/mol. The number of hydrogen-bond donors (Lipinski definition) is 7. The van der Waals surface area contributed by atoms with Gasteiger partial charge in [-0.05, 0) is 4.57 Å². The van der Waals surface area contributed by atoms with E-state index in [0.29, 0.717) is 0 Å². The van der Waals surface area contributed by atoms with Crippen LogP contribution in [0.3, 0.4) is 0 Å². The summed E-state index contributed by atoms with van der Waals surface area (Å²) in [6.07, 6.45) is -10.0. The number of aromatic nitrogens is 8. The van der Waals surface area contributed by atoms with Crippen LogP contribution in [0.1, 0.15) is 12.5 Å². The first-order chi connectivity index (χ1) is 21.9. The van der Waals surface area contributed by atoms with Crippen molar-refractivity contribution in [1.82, 2.24) is 39.0 Å². The van der Waals surface area contributed by atoms with Crippen LogP contribution in [-0.2, 0) is 32.4 Å². The first-order valence-electron chi connectivity index (χ1n) is 13.2. The fourth-order valence-electron chi connectivity index (χ4n) is 5.14. The number of imidazole rings is 2. The molecule has 0 aliphatic carbocycles. The number of alkyl halides is 1. The van der Waals surface area contributed by atoms with E-state index in [1.165, 1.54) is 10.9 Å². The molecule has 25 heteroatoms. The maximum absolute atomic E-state index is 15.7. The SMILES string of the molecule is Nc1nc2c(ncn2[C@@H]2O[C@H](CO)C(OP(=O)(O)OC[C@H]3O[C@@H](n4cnc5c(N)ncnc54)C(OC[P+](=O)O)[C@H]3O)[C@@H]2F)c(=O)[nH]1. The standard InChI is InChI=1S/C21H25FN10O12P2/c22-9-13(7(1-33)42-19(9)32-5-28-11-17(32)29-21(24)30-18(11)35)44-46(38,39)41-2-8-12(34)14(40-6-45(36)37)20(43-8)31-4-27-10-15(23)25-3-26-16(10)31/h3-5,7-9,12-14,19-20,33-34H,1-2,6H2,(H6-,23,24,25,26,29,30,35,36,37,38,39)/p+1/t7-,8-,9+,12+,13?,14?,19-,20-/m1/s1. The van der Waals surface area contributed by atoms with Crippen molar-refractivity contribution in [2.24, 2.45) is 0 Å². The number of halogens is 1. The van der Waals surface area contributed by atoms with Crippen molar-refractivity contribution in [2.45, 2.75) is 49.1 Å². The minimum atomic E-state index is -5.17. The van der Waals surface area contributed by atoms with Gasteiger partial charge in [0, 0.05) is 0 Å². The lowest BCUT2D eigenvalue weighted by Gasteiger charge is -2.22. The number of fused-ring (bicyclic) bond motifs is 2. The second-order valence-corrected chi connectivity index (χ2v) is 12.4. The fraction of sp³-hybridized carbons (Fsp3) is 0.524. The van der Waals surface area contributed by atoms with Gasteiger partial charge in [-0.25, -0.2) is 28.9 Å². The van der Waals surface area contributed by atoms with Crippen LogP contribution in [0.5, 0.6) is 0 Å². The Morgan fingerprint density at radius 2 is 1.76 bits per heavy atom. The van der Waals surface area contributed by atoms with Gasteiger partial charge < -0.3 is 40.8 Å². The van der Waals surface area contributed by atoms with E-state index in [4.69, 9.17) is 34.7 Å². The van der Waals surface area contributed by atoms with E-state index >= 15 is 4.39 Å². The molecule has 10 atom stereocenters. The zero-order chi connectivity index (χ0) is 32.9. The quantitative estimate of drug-likeness (QED) is 0.0852. The third kappa shape index (κ3) is 5.98. The molecule has 0 spiro atoms. The van der Waals surface area contributed by atoms with Crippen molar-refractivity contribution in [2.75, 3.05) is 31.0 Å². The van der Waals surface area contributed by atoms with Gasteiger partial charge in [0.1, 0.15) is 42.4 Å². The van der Waals surface area contributed by atoms with Crippen LogP contribution in [0, 0.1) is 0 Å². The molecule has 2 fully saturated rings. The summed E-state index contributed by atoms with van der Waals surface area (Å²) in [4.78, 5) is 54.0. The summed E-state index contributed by atoms with van der Waals surface area (Å²) in [7, 11) is -7.96. The molecule has 4 unspecified atom stereocenters. The average molecular weight is 691 g/mol. The van der Waals surface area contributed by atoms with Gasteiger partial charge in [0.25, 0.3) is 11.9 Å². The zero-order valence-electron chi connectivity index (χ0n) is 23.1. The van der Waals surface area contributed by atoms with Gasteiger partial charge in [0.05, 0.1) is 25.9 Å². The second-order valence-electron chi connectivity index (χ2n) is 10.1. The number of H-pyrrole nitrogens is 1. The lowest BCUT2D eigenvalue weighted by Crippen LogP contribution is -2.36. The maximum atomic E-state index is 15.7. The number of aliphatic hydroxyl groups excluding tert-OH is 2. The van der Waals surface area contributed by atoms with Crippen LogP contribution in [0.15, 0.2) is 23.8 Å². The predicted molar refractivity (Wildman–Crippen MR) is 148 cm³/mol. The van der Waals surface area contributed by atoms with E-state index in [0.717, 1.165) is 17.2 Å². The van der Waals surface area contributed by atoms with Crippen LogP contribution in [0.25, 0.3) is 22.3 Å². The topological polar surface area (TPSA) is 320 Å². The largest absolute Gasteiger partial charge is 0.534 e.